The monoisotopic (exact) mass is 776 g/mol. The number of carbonyl (C=O) groups excluding carboxylic acids is 1. The van der Waals surface area contributed by atoms with Gasteiger partial charge in [0.2, 0.25) is 10.0 Å². The van der Waals surface area contributed by atoms with Crippen molar-refractivity contribution in [3.05, 3.63) is 154 Å². The number of primary sulfonamides is 1. The Morgan fingerprint density at radius 2 is 1.37 bits per heavy atom. The Morgan fingerprint density at radius 3 is 1.80 bits per heavy atom. The van der Waals surface area contributed by atoms with Gasteiger partial charge in [0.15, 0.2) is 0 Å². The maximum absolute atomic E-state index is 12.9. The summed E-state index contributed by atoms with van der Waals surface area (Å²) in [4.78, 5) is 12.9. The molecule has 51 heavy (non-hydrogen) atoms. The van der Waals surface area contributed by atoms with Gasteiger partial charge in [-0.15, -0.1) is 0 Å². The van der Waals surface area contributed by atoms with Crippen LogP contribution in [0.15, 0.2) is 136 Å². The van der Waals surface area contributed by atoms with E-state index in [4.69, 9.17) is 10.9 Å². The summed E-state index contributed by atoms with van der Waals surface area (Å²) in [5.41, 5.74) is 16.8. The van der Waals surface area contributed by atoms with E-state index < -0.39 is 10.0 Å². The lowest BCUT2D eigenvalue weighted by Gasteiger charge is -2.16. The lowest BCUT2D eigenvalue weighted by Crippen LogP contribution is -2.15. The minimum absolute atomic E-state index is 0.0647. The first-order valence-corrected chi connectivity index (χ1v) is 19.0. The summed E-state index contributed by atoms with van der Waals surface area (Å²) < 4.78 is 24.6. The summed E-state index contributed by atoms with van der Waals surface area (Å²) in [5, 5.41) is 8.25. The molecule has 7 N–H and O–H groups in total. The van der Waals surface area contributed by atoms with Gasteiger partial charge in [-0.25, -0.2) is 13.6 Å². The van der Waals surface area contributed by atoms with Gasteiger partial charge in [-0.05, 0) is 115 Å². The number of aryl methyl sites for hydroxylation is 2. The Morgan fingerprint density at radius 1 is 0.843 bits per heavy atom. The molecule has 0 fully saturated rings. The van der Waals surface area contributed by atoms with Crippen molar-refractivity contribution in [1.82, 2.24) is 0 Å². The van der Waals surface area contributed by atoms with Crippen LogP contribution >= 0.6 is 15.9 Å². The fourth-order valence-electron chi connectivity index (χ4n) is 4.28. The van der Waals surface area contributed by atoms with Gasteiger partial charge in [-0.3, -0.25) is 4.79 Å². The van der Waals surface area contributed by atoms with Crippen molar-refractivity contribution in [3.63, 3.8) is 0 Å². The molecule has 0 aliphatic carbocycles. The number of benzene rings is 4. The molecule has 0 aromatic heterocycles. The van der Waals surface area contributed by atoms with Crippen LogP contribution in [-0.2, 0) is 10.0 Å². The second-order valence-electron chi connectivity index (χ2n) is 11.6. The summed E-state index contributed by atoms with van der Waals surface area (Å²) in [6, 6.07) is 27.7. The number of carbonyl (C=O) groups is 1. The van der Waals surface area contributed by atoms with E-state index in [0.29, 0.717) is 22.4 Å². The SMILES string of the molecule is C/C=C\C=C/C.CC(C)=CN.CCC(C)c1cc(Br)ccc1C(=O)Nc1ccc(-c2ccccc2S(N)(=O)=O)cc1.CN.Cc1cccc(C)c1. The highest BCUT2D eigenvalue weighted by atomic mass is 79.9. The van der Waals surface area contributed by atoms with Gasteiger partial charge in [0.05, 0.1) is 4.90 Å². The van der Waals surface area contributed by atoms with Crippen LogP contribution in [-0.4, -0.2) is 21.4 Å². The number of allylic oxidation sites excluding steroid dienone is 5. The molecule has 4 rings (SSSR count). The molecule has 0 spiro atoms. The molecule has 0 saturated heterocycles. The van der Waals surface area contributed by atoms with Gasteiger partial charge in [0.25, 0.3) is 5.91 Å². The molecule has 0 bridgehead atoms. The first-order chi connectivity index (χ1) is 24.2. The van der Waals surface area contributed by atoms with Gasteiger partial charge < -0.3 is 16.8 Å². The summed E-state index contributed by atoms with van der Waals surface area (Å²) in [5.74, 6) is 0.0656. The van der Waals surface area contributed by atoms with Crippen molar-refractivity contribution < 1.29 is 13.2 Å². The van der Waals surface area contributed by atoms with Crippen molar-refractivity contribution in [2.45, 2.75) is 72.6 Å². The van der Waals surface area contributed by atoms with E-state index in [0.717, 1.165) is 22.0 Å². The van der Waals surface area contributed by atoms with Crippen LogP contribution in [0.4, 0.5) is 5.69 Å². The van der Waals surface area contributed by atoms with Crippen molar-refractivity contribution in [3.8, 4) is 11.1 Å². The Balaban J connectivity index is 0.000000964. The smallest absolute Gasteiger partial charge is 0.255 e. The molecule has 1 amide bonds. The Bertz CT molecular complexity index is 1790. The highest BCUT2D eigenvalue weighted by Crippen LogP contribution is 2.29. The lowest BCUT2D eigenvalue weighted by atomic mass is 9.93. The minimum Gasteiger partial charge on any atom is -0.405 e. The molecular weight excluding hydrogens is 720 g/mol. The van der Waals surface area contributed by atoms with Crippen molar-refractivity contribution in [2.24, 2.45) is 16.6 Å². The topological polar surface area (TPSA) is 141 Å². The number of rotatable bonds is 7. The fraction of sp³-hybridized carbons (Fsp3) is 0.262. The number of amides is 1. The molecule has 4 aromatic carbocycles. The molecule has 1 unspecified atom stereocenters. The standard InChI is InChI=1S/C23H23BrN2O3S.C8H10.C6H10.C4H9N.CH5N/c1-3-15(2)21-14-17(24)10-13-20(21)23(27)26-18-11-8-16(9-12-18)19-6-4-5-7-22(19)30(25,28)29;1-7-4-3-5-8(2)6-7;1-3-5-6-4-2;1-4(2)3-5;1-2/h4-15H,3H2,1-2H3,(H,26,27)(H2,25,28,29);3-6H,1-2H3;3-6H,1-2H3;3H,5H2,1-2H3;2H2,1H3/b;;5-3-,6-4-;;. The third-order valence-electron chi connectivity index (χ3n) is 7.05. The van der Waals surface area contributed by atoms with Crippen LogP contribution in [0, 0.1) is 13.8 Å². The van der Waals surface area contributed by atoms with E-state index in [-0.39, 0.29) is 16.7 Å². The number of halogens is 1. The van der Waals surface area contributed by atoms with Gasteiger partial charge in [-0.2, -0.15) is 0 Å². The van der Waals surface area contributed by atoms with Crippen LogP contribution in [0.1, 0.15) is 80.9 Å². The number of anilines is 1. The maximum Gasteiger partial charge on any atom is 0.255 e. The molecule has 0 aliphatic rings. The lowest BCUT2D eigenvalue weighted by molar-refractivity contribution is 0.102. The van der Waals surface area contributed by atoms with Crippen LogP contribution in [0.5, 0.6) is 0 Å². The van der Waals surface area contributed by atoms with Crippen LogP contribution in [0.25, 0.3) is 11.1 Å². The number of sulfonamides is 1. The summed E-state index contributed by atoms with van der Waals surface area (Å²) in [6.07, 6.45) is 10.5. The van der Waals surface area contributed by atoms with E-state index in [1.807, 2.05) is 70.2 Å². The Kier molecular flexibility index (Phi) is 23.5. The quantitative estimate of drug-likeness (QED) is 0.138. The summed E-state index contributed by atoms with van der Waals surface area (Å²) in [6.45, 7) is 16.3. The molecule has 0 saturated carbocycles. The van der Waals surface area contributed by atoms with Gasteiger partial charge in [-0.1, -0.05) is 125 Å². The van der Waals surface area contributed by atoms with Crippen LogP contribution in [0.3, 0.4) is 0 Å². The van der Waals surface area contributed by atoms with Gasteiger partial charge in [0, 0.05) is 21.3 Å². The normalized spacial score (nSPS) is 10.9. The van der Waals surface area contributed by atoms with Crippen molar-refractivity contribution >= 4 is 37.5 Å². The highest BCUT2D eigenvalue weighted by molar-refractivity contribution is 9.10. The minimum atomic E-state index is -3.84. The van der Waals surface area contributed by atoms with Gasteiger partial charge >= 0.3 is 0 Å². The van der Waals surface area contributed by atoms with E-state index in [9.17, 15) is 13.2 Å². The predicted octanol–water partition coefficient (Wildman–Crippen LogP) is 10.4. The number of nitrogens with two attached hydrogens (primary N) is 3. The maximum atomic E-state index is 12.9. The first kappa shape index (κ1) is 46.7. The van der Waals surface area contributed by atoms with Crippen LogP contribution < -0.4 is 21.9 Å². The Hall–Kier alpha value is -4.28. The van der Waals surface area contributed by atoms with E-state index in [1.54, 1.807) is 48.7 Å². The summed E-state index contributed by atoms with van der Waals surface area (Å²) >= 11 is 3.48. The van der Waals surface area contributed by atoms with E-state index in [1.165, 1.54) is 24.2 Å². The number of nitrogens with one attached hydrogen (secondary N) is 1. The molecular formula is C42H57BrN4O3S. The highest BCUT2D eigenvalue weighted by Gasteiger charge is 2.17. The predicted molar refractivity (Wildman–Crippen MR) is 223 cm³/mol. The molecule has 9 heteroatoms. The first-order valence-electron chi connectivity index (χ1n) is 16.7. The second kappa shape index (κ2) is 25.6. The molecule has 0 radical (unpaired) electrons. The number of hydrogen-bond donors (Lipinski definition) is 4. The zero-order valence-electron chi connectivity index (χ0n) is 31.6. The van der Waals surface area contributed by atoms with Crippen LogP contribution in [0.2, 0.25) is 0 Å². The zero-order chi connectivity index (χ0) is 39.0. The largest absolute Gasteiger partial charge is 0.405 e. The molecule has 4 aromatic rings. The zero-order valence-corrected chi connectivity index (χ0v) is 34.0. The second-order valence-corrected chi connectivity index (χ2v) is 14.0. The summed E-state index contributed by atoms with van der Waals surface area (Å²) in [7, 11) is -2.34. The molecule has 0 aliphatic heterocycles. The molecule has 7 nitrogen and oxygen atoms in total. The van der Waals surface area contributed by atoms with Crippen molar-refractivity contribution in [2.75, 3.05) is 12.4 Å². The van der Waals surface area contributed by atoms with Gasteiger partial charge in [0.1, 0.15) is 0 Å². The molecule has 1 atom stereocenters. The molecule has 0 heterocycles. The van der Waals surface area contributed by atoms with E-state index >= 15 is 0 Å². The fourth-order valence-corrected chi connectivity index (χ4v) is 5.42. The Labute approximate surface area is 315 Å². The van der Waals surface area contributed by atoms with Crippen molar-refractivity contribution in [1.29, 1.82) is 0 Å². The molecule has 276 valence electrons. The third-order valence-corrected chi connectivity index (χ3v) is 8.51. The average molecular weight is 778 g/mol. The number of hydrogen-bond acceptors (Lipinski definition) is 5. The third kappa shape index (κ3) is 18.5. The van der Waals surface area contributed by atoms with E-state index in [2.05, 4.69) is 78.9 Å². The average Bonchev–Trinajstić information content (AvgIpc) is 3.11.